The van der Waals surface area contributed by atoms with Crippen molar-refractivity contribution in [3.63, 3.8) is 0 Å². The van der Waals surface area contributed by atoms with Crippen LogP contribution in [0.4, 0.5) is 0 Å². The number of rotatable bonds is 6. The van der Waals surface area contributed by atoms with Crippen LogP contribution in [0.1, 0.15) is 24.4 Å². The van der Waals surface area contributed by atoms with Gasteiger partial charge in [-0.15, -0.1) is 0 Å². The lowest BCUT2D eigenvalue weighted by molar-refractivity contribution is -0.127. The first-order valence-corrected chi connectivity index (χ1v) is 8.18. The van der Waals surface area contributed by atoms with Crippen molar-refractivity contribution in [2.24, 2.45) is 5.73 Å². The maximum atomic E-state index is 12.5. The summed E-state index contributed by atoms with van der Waals surface area (Å²) in [5, 5.41) is 2.72. The van der Waals surface area contributed by atoms with Crippen LogP contribution in [0.3, 0.4) is 0 Å². The molecule has 0 aliphatic carbocycles. The molecule has 3 aromatic rings. The number of nitrogens with one attached hydrogen (secondary N) is 1. The highest BCUT2D eigenvalue weighted by molar-refractivity contribution is 5.88. The van der Waals surface area contributed by atoms with E-state index in [1.165, 1.54) is 0 Å². The van der Waals surface area contributed by atoms with Gasteiger partial charge in [0.2, 0.25) is 11.8 Å². The largest absolute Gasteiger partial charge is 0.368 e. The molecule has 0 spiro atoms. The maximum Gasteiger partial charge on any atom is 0.244 e. The summed E-state index contributed by atoms with van der Waals surface area (Å²) >= 11 is 0. The molecule has 0 aliphatic heterocycles. The third-order valence-corrected chi connectivity index (χ3v) is 4.07. The highest BCUT2D eigenvalue weighted by Crippen LogP contribution is 2.17. The molecular formula is C19H20N4O2. The number of nitrogens with zero attached hydrogens (tertiary/aromatic N) is 2. The number of aryl methyl sites for hydroxylation is 1. The van der Waals surface area contributed by atoms with Crippen LogP contribution in [0, 0.1) is 0 Å². The minimum Gasteiger partial charge on any atom is -0.368 e. The third kappa shape index (κ3) is 3.52. The number of amides is 2. The molecule has 0 fully saturated rings. The molecule has 0 aliphatic rings. The molecule has 0 saturated heterocycles. The van der Waals surface area contributed by atoms with E-state index in [9.17, 15) is 9.59 Å². The molecule has 2 aromatic carbocycles. The van der Waals surface area contributed by atoms with Gasteiger partial charge in [0.15, 0.2) is 0 Å². The first-order valence-electron chi connectivity index (χ1n) is 8.18. The predicted octanol–water partition coefficient (Wildman–Crippen LogP) is 1.94. The van der Waals surface area contributed by atoms with Crippen molar-refractivity contribution < 1.29 is 9.59 Å². The number of aromatic nitrogens is 2. The second kappa shape index (κ2) is 7.17. The Labute approximate surface area is 145 Å². The number of imidazole rings is 1. The van der Waals surface area contributed by atoms with Gasteiger partial charge in [-0.25, -0.2) is 4.98 Å². The first-order chi connectivity index (χ1) is 12.1. The number of para-hydroxylation sites is 2. The fourth-order valence-electron chi connectivity index (χ4n) is 2.89. The Morgan fingerprint density at radius 1 is 1.12 bits per heavy atom. The van der Waals surface area contributed by atoms with E-state index < -0.39 is 11.9 Å². The van der Waals surface area contributed by atoms with Gasteiger partial charge < -0.3 is 15.6 Å². The summed E-state index contributed by atoms with van der Waals surface area (Å²) in [5.41, 5.74) is 7.87. The molecule has 6 heteroatoms. The fourth-order valence-corrected chi connectivity index (χ4v) is 2.89. The molecule has 128 valence electrons. The van der Waals surface area contributed by atoms with Crippen molar-refractivity contribution in [2.45, 2.75) is 25.9 Å². The Morgan fingerprint density at radius 2 is 1.80 bits per heavy atom. The second-order valence-electron chi connectivity index (χ2n) is 5.77. The lowest BCUT2D eigenvalue weighted by Gasteiger charge is -2.17. The van der Waals surface area contributed by atoms with E-state index in [1.807, 2.05) is 41.8 Å². The van der Waals surface area contributed by atoms with E-state index in [4.69, 9.17) is 5.73 Å². The molecule has 0 radical (unpaired) electrons. The minimum atomic E-state index is -0.853. The molecule has 1 aromatic heterocycles. The number of benzene rings is 2. The number of carbonyl (C=O) groups excluding carboxylic acids is 2. The Hall–Kier alpha value is -3.15. The number of hydrogen-bond donors (Lipinski definition) is 2. The van der Waals surface area contributed by atoms with Crippen molar-refractivity contribution >= 4 is 22.8 Å². The van der Waals surface area contributed by atoms with E-state index in [0.29, 0.717) is 12.0 Å². The minimum absolute atomic E-state index is 0.0836. The number of fused-ring (bicyclic) bond motifs is 1. The second-order valence-corrected chi connectivity index (χ2v) is 5.77. The highest BCUT2D eigenvalue weighted by Gasteiger charge is 2.21. The molecule has 1 atom stereocenters. The number of primary amides is 1. The molecule has 1 heterocycles. The summed E-state index contributed by atoms with van der Waals surface area (Å²) in [6.45, 7) is 2.08. The molecule has 3 rings (SSSR count). The standard InChI is InChI=1S/C19H20N4O2/c1-2-16-21-14-10-6-7-11-15(14)23(16)12-17(24)22-18(19(20)25)13-8-4-3-5-9-13/h3-11,18H,2,12H2,1H3,(H2,20,25)(H,22,24)/t18-/m1/s1. The van der Waals surface area contributed by atoms with Crippen LogP contribution < -0.4 is 11.1 Å². The SMILES string of the molecule is CCc1nc2ccccc2n1CC(=O)N[C@@H](C(N)=O)c1ccccc1. The molecule has 25 heavy (non-hydrogen) atoms. The van der Waals surface area contributed by atoms with Gasteiger partial charge in [0.05, 0.1) is 11.0 Å². The van der Waals surface area contributed by atoms with E-state index in [2.05, 4.69) is 10.3 Å². The highest BCUT2D eigenvalue weighted by atomic mass is 16.2. The Kier molecular flexibility index (Phi) is 4.79. The van der Waals surface area contributed by atoms with Crippen molar-refractivity contribution in [3.8, 4) is 0 Å². The van der Waals surface area contributed by atoms with E-state index in [0.717, 1.165) is 16.9 Å². The maximum absolute atomic E-state index is 12.5. The average Bonchev–Trinajstić information content (AvgIpc) is 2.98. The van der Waals surface area contributed by atoms with E-state index >= 15 is 0 Å². The normalized spacial score (nSPS) is 12.0. The summed E-state index contributed by atoms with van der Waals surface area (Å²) in [6.07, 6.45) is 0.708. The van der Waals surface area contributed by atoms with Crippen LogP contribution >= 0.6 is 0 Å². The Bertz CT molecular complexity index is 902. The number of nitrogens with two attached hydrogens (primary N) is 1. The van der Waals surface area contributed by atoms with Crippen LogP contribution in [-0.2, 0) is 22.6 Å². The summed E-state index contributed by atoms with van der Waals surface area (Å²) < 4.78 is 1.87. The van der Waals surface area contributed by atoms with Crippen molar-refractivity contribution in [1.29, 1.82) is 0 Å². The van der Waals surface area contributed by atoms with Gasteiger partial charge in [0.25, 0.3) is 0 Å². The van der Waals surface area contributed by atoms with E-state index in [-0.39, 0.29) is 12.5 Å². The lowest BCUT2D eigenvalue weighted by atomic mass is 10.1. The van der Waals surface area contributed by atoms with Gasteiger partial charge in [-0.3, -0.25) is 9.59 Å². The van der Waals surface area contributed by atoms with E-state index in [1.54, 1.807) is 24.3 Å². The van der Waals surface area contributed by atoms with Crippen molar-refractivity contribution in [2.75, 3.05) is 0 Å². The van der Waals surface area contributed by atoms with Gasteiger partial charge >= 0.3 is 0 Å². The lowest BCUT2D eigenvalue weighted by Crippen LogP contribution is -2.39. The molecule has 0 saturated carbocycles. The van der Waals surface area contributed by atoms with Gasteiger partial charge in [0, 0.05) is 6.42 Å². The Morgan fingerprint density at radius 3 is 2.48 bits per heavy atom. The van der Waals surface area contributed by atoms with Crippen LogP contribution in [-0.4, -0.2) is 21.4 Å². The summed E-state index contributed by atoms with van der Waals surface area (Å²) in [5.74, 6) is -0.0528. The van der Waals surface area contributed by atoms with Crippen LogP contribution in [0.5, 0.6) is 0 Å². The predicted molar refractivity (Wildman–Crippen MR) is 95.6 cm³/mol. The van der Waals surface area contributed by atoms with Crippen molar-refractivity contribution in [3.05, 3.63) is 66.0 Å². The topological polar surface area (TPSA) is 90.0 Å². The molecule has 2 amide bonds. The molecule has 3 N–H and O–H groups in total. The van der Waals surface area contributed by atoms with Gasteiger partial charge in [0.1, 0.15) is 18.4 Å². The quantitative estimate of drug-likeness (QED) is 0.721. The molecule has 6 nitrogen and oxygen atoms in total. The van der Waals surface area contributed by atoms with Crippen LogP contribution in [0.2, 0.25) is 0 Å². The molecular weight excluding hydrogens is 316 g/mol. The van der Waals surface area contributed by atoms with Crippen LogP contribution in [0.25, 0.3) is 11.0 Å². The summed E-state index contributed by atoms with van der Waals surface area (Å²) in [4.78, 5) is 28.9. The zero-order valence-electron chi connectivity index (χ0n) is 14.0. The average molecular weight is 336 g/mol. The van der Waals surface area contributed by atoms with Gasteiger partial charge in [-0.1, -0.05) is 49.4 Å². The van der Waals surface area contributed by atoms with Crippen LogP contribution in [0.15, 0.2) is 54.6 Å². The Balaban J connectivity index is 1.84. The number of carbonyl (C=O) groups is 2. The fraction of sp³-hybridized carbons (Fsp3) is 0.211. The van der Waals surface area contributed by atoms with Gasteiger partial charge in [-0.2, -0.15) is 0 Å². The zero-order chi connectivity index (χ0) is 17.8. The zero-order valence-corrected chi connectivity index (χ0v) is 14.0. The monoisotopic (exact) mass is 336 g/mol. The molecule has 0 unspecified atom stereocenters. The van der Waals surface area contributed by atoms with Gasteiger partial charge in [-0.05, 0) is 17.7 Å². The summed E-state index contributed by atoms with van der Waals surface area (Å²) in [6, 6.07) is 15.8. The summed E-state index contributed by atoms with van der Waals surface area (Å²) in [7, 11) is 0. The third-order valence-electron chi connectivity index (χ3n) is 4.07. The van der Waals surface area contributed by atoms with Crippen molar-refractivity contribution in [1.82, 2.24) is 14.9 Å². The first kappa shape index (κ1) is 16.7. The molecule has 0 bridgehead atoms. The number of hydrogen-bond acceptors (Lipinski definition) is 3. The smallest absolute Gasteiger partial charge is 0.244 e.